The first-order valence-electron chi connectivity index (χ1n) is 6.91. The maximum atomic E-state index is 12.5. The molecule has 0 saturated carbocycles. The van der Waals surface area contributed by atoms with Crippen LogP contribution < -0.4 is 5.73 Å². The predicted molar refractivity (Wildman–Crippen MR) is 72.4 cm³/mol. The average Bonchev–Trinajstić information content (AvgIpc) is 2.73. The van der Waals surface area contributed by atoms with Gasteiger partial charge in [-0.05, 0) is 18.9 Å². The first-order valence-corrected chi connectivity index (χ1v) is 6.91. The maximum Gasteiger partial charge on any atom is 0.433 e. The second-order valence-corrected chi connectivity index (χ2v) is 4.93. The van der Waals surface area contributed by atoms with Crippen molar-refractivity contribution in [1.82, 2.24) is 14.9 Å². The molecule has 1 fully saturated rings. The quantitative estimate of drug-likeness (QED) is 0.671. The van der Waals surface area contributed by atoms with Gasteiger partial charge in [-0.1, -0.05) is 12.8 Å². The van der Waals surface area contributed by atoms with Gasteiger partial charge in [0.05, 0.1) is 0 Å². The van der Waals surface area contributed by atoms with Gasteiger partial charge in [0.2, 0.25) is 0 Å². The highest BCUT2D eigenvalue weighted by molar-refractivity contribution is 5.78. The molecule has 0 bridgehead atoms. The number of aromatic nitrogens is 2. The van der Waals surface area contributed by atoms with Gasteiger partial charge < -0.3 is 10.6 Å². The fourth-order valence-corrected chi connectivity index (χ4v) is 2.18. The second-order valence-electron chi connectivity index (χ2n) is 4.93. The summed E-state index contributed by atoms with van der Waals surface area (Å²) in [7, 11) is 0. The van der Waals surface area contributed by atoms with Crippen LogP contribution in [0.1, 0.15) is 37.2 Å². The first kappa shape index (κ1) is 15.5. The van der Waals surface area contributed by atoms with Gasteiger partial charge in [0.15, 0.2) is 5.96 Å². The van der Waals surface area contributed by atoms with Crippen LogP contribution >= 0.6 is 0 Å². The number of aliphatic imine (C=N–C) groups is 1. The molecule has 1 aromatic rings. The highest BCUT2D eigenvalue weighted by Gasteiger charge is 2.32. The minimum atomic E-state index is -4.47. The predicted octanol–water partition coefficient (Wildman–Crippen LogP) is 2.19. The molecule has 8 heteroatoms. The Bertz CT molecular complexity index is 493. The van der Waals surface area contributed by atoms with E-state index in [2.05, 4.69) is 15.0 Å². The van der Waals surface area contributed by atoms with Crippen molar-refractivity contribution in [3.05, 3.63) is 23.8 Å². The monoisotopic (exact) mass is 301 g/mol. The van der Waals surface area contributed by atoms with E-state index in [9.17, 15) is 13.2 Å². The third-order valence-corrected chi connectivity index (χ3v) is 3.31. The van der Waals surface area contributed by atoms with Crippen LogP contribution in [0, 0.1) is 0 Å². The average molecular weight is 301 g/mol. The van der Waals surface area contributed by atoms with Crippen molar-refractivity contribution in [3.63, 3.8) is 0 Å². The molecule has 116 valence electrons. The zero-order valence-electron chi connectivity index (χ0n) is 11.6. The van der Waals surface area contributed by atoms with Crippen LogP contribution in [0.15, 0.2) is 17.3 Å². The molecule has 21 heavy (non-hydrogen) atoms. The molecular weight excluding hydrogens is 283 g/mol. The molecule has 2 heterocycles. The Hall–Kier alpha value is -1.86. The van der Waals surface area contributed by atoms with Crippen molar-refractivity contribution < 1.29 is 13.2 Å². The van der Waals surface area contributed by atoms with E-state index in [1.54, 1.807) is 0 Å². The number of nitrogens with two attached hydrogens (primary N) is 1. The molecule has 1 aliphatic rings. The summed E-state index contributed by atoms with van der Waals surface area (Å²) in [5.41, 5.74) is 4.93. The third kappa shape index (κ3) is 4.57. The fraction of sp³-hybridized carbons (Fsp3) is 0.615. The van der Waals surface area contributed by atoms with Crippen LogP contribution in [0.2, 0.25) is 0 Å². The molecular formula is C13H18F3N5. The van der Waals surface area contributed by atoms with Gasteiger partial charge >= 0.3 is 6.18 Å². The van der Waals surface area contributed by atoms with E-state index in [-0.39, 0.29) is 12.4 Å². The number of likely N-dealkylation sites (tertiary alicyclic amines) is 1. The summed E-state index contributed by atoms with van der Waals surface area (Å²) < 4.78 is 37.6. The molecule has 0 atom stereocenters. The van der Waals surface area contributed by atoms with Crippen LogP contribution in [-0.4, -0.2) is 33.9 Å². The van der Waals surface area contributed by atoms with Crippen molar-refractivity contribution in [1.29, 1.82) is 0 Å². The highest BCUT2D eigenvalue weighted by Crippen LogP contribution is 2.26. The van der Waals surface area contributed by atoms with E-state index >= 15 is 0 Å². The number of hydrogen-bond donors (Lipinski definition) is 1. The molecule has 0 amide bonds. The van der Waals surface area contributed by atoms with Crippen molar-refractivity contribution in [3.8, 4) is 0 Å². The zero-order valence-corrected chi connectivity index (χ0v) is 11.6. The Labute approximate surface area is 121 Å². The van der Waals surface area contributed by atoms with Crippen molar-refractivity contribution in [2.75, 3.05) is 13.1 Å². The van der Waals surface area contributed by atoms with E-state index in [0.717, 1.165) is 38.2 Å². The van der Waals surface area contributed by atoms with E-state index in [1.807, 2.05) is 4.90 Å². The summed E-state index contributed by atoms with van der Waals surface area (Å²) in [5.74, 6) is 0.362. The normalized spacial score (nSPS) is 17.7. The lowest BCUT2D eigenvalue weighted by atomic mass is 10.2. The molecule has 2 rings (SSSR count). The van der Waals surface area contributed by atoms with Crippen molar-refractivity contribution in [2.45, 2.75) is 38.4 Å². The molecule has 1 aromatic heterocycles. The molecule has 0 aromatic carbocycles. The fourth-order valence-electron chi connectivity index (χ4n) is 2.18. The van der Waals surface area contributed by atoms with E-state index in [0.29, 0.717) is 5.96 Å². The van der Waals surface area contributed by atoms with Crippen molar-refractivity contribution >= 4 is 5.96 Å². The molecule has 1 saturated heterocycles. The summed E-state index contributed by atoms with van der Waals surface area (Å²) >= 11 is 0. The van der Waals surface area contributed by atoms with Gasteiger partial charge in [0.1, 0.15) is 18.1 Å². The summed E-state index contributed by atoms with van der Waals surface area (Å²) in [4.78, 5) is 13.3. The molecule has 5 nitrogen and oxygen atoms in total. The maximum absolute atomic E-state index is 12.5. The summed E-state index contributed by atoms with van der Waals surface area (Å²) in [6.45, 7) is 1.61. The lowest BCUT2D eigenvalue weighted by molar-refractivity contribution is -0.141. The van der Waals surface area contributed by atoms with Crippen LogP contribution in [0.5, 0.6) is 0 Å². The second kappa shape index (κ2) is 6.73. The van der Waals surface area contributed by atoms with Crippen LogP contribution in [0.3, 0.4) is 0 Å². The molecule has 0 aliphatic carbocycles. The summed E-state index contributed by atoms with van der Waals surface area (Å²) in [6.07, 6.45) is 1.05. The van der Waals surface area contributed by atoms with Gasteiger partial charge in [0, 0.05) is 19.3 Å². The van der Waals surface area contributed by atoms with Gasteiger partial charge in [0.25, 0.3) is 0 Å². The zero-order chi connectivity index (χ0) is 15.3. The number of halogens is 3. The minimum absolute atomic E-state index is 0.0163. The van der Waals surface area contributed by atoms with Crippen LogP contribution in [0.4, 0.5) is 13.2 Å². The summed E-state index contributed by atoms with van der Waals surface area (Å²) in [6, 6.07) is 0.839. The van der Waals surface area contributed by atoms with Gasteiger partial charge in [-0.15, -0.1) is 0 Å². The Kier molecular flexibility index (Phi) is 4.98. The smallest absolute Gasteiger partial charge is 0.370 e. The Morgan fingerprint density at radius 3 is 2.52 bits per heavy atom. The minimum Gasteiger partial charge on any atom is -0.370 e. The first-order chi connectivity index (χ1) is 9.97. The number of hydrogen-bond acceptors (Lipinski definition) is 3. The van der Waals surface area contributed by atoms with Gasteiger partial charge in [-0.25, -0.2) is 15.0 Å². The topological polar surface area (TPSA) is 67.4 Å². The van der Waals surface area contributed by atoms with E-state index < -0.39 is 11.9 Å². The summed E-state index contributed by atoms with van der Waals surface area (Å²) in [5, 5.41) is 0. The number of nitrogens with zero attached hydrogens (tertiary/aromatic N) is 4. The molecule has 2 N–H and O–H groups in total. The molecule has 0 spiro atoms. The SMILES string of the molecule is NC(=NCc1nccc(C(F)(F)F)n1)N1CCCCCC1. The lowest BCUT2D eigenvalue weighted by Crippen LogP contribution is -2.38. The van der Waals surface area contributed by atoms with E-state index in [1.165, 1.54) is 12.8 Å². The number of guanidine groups is 1. The number of rotatable bonds is 2. The highest BCUT2D eigenvalue weighted by atomic mass is 19.4. The van der Waals surface area contributed by atoms with Crippen LogP contribution in [-0.2, 0) is 12.7 Å². The van der Waals surface area contributed by atoms with Gasteiger partial charge in [-0.3, -0.25) is 0 Å². The number of alkyl halides is 3. The Balaban J connectivity index is 2.02. The molecule has 0 radical (unpaired) electrons. The molecule has 0 unspecified atom stereocenters. The van der Waals surface area contributed by atoms with Crippen molar-refractivity contribution in [2.24, 2.45) is 10.7 Å². The standard InChI is InChI=1S/C13H18F3N5/c14-13(15,16)10-5-6-18-11(20-10)9-19-12(17)21-7-3-1-2-4-8-21/h5-6H,1-4,7-9H2,(H2,17,19). The Morgan fingerprint density at radius 2 is 1.90 bits per heavy atom. The molecule has 1 aliphatic heterocycles. The Morgan fingerprint density at radius 1 is 1.24 bits per heavy atom. The third-order valence-electron chi connectivity index (χ3n) is 3.31. The largest absolute Gasteiger partial charge is 0.433 e. The van der Waals surface area contributed by atoms with Crippen LogP contribution in [0.25, 0.3) is 0 Å². The lowest BCUT2D eigenvalue weighted by Gasteiger charge is -2.20. The van der Waals surface area contributed by atoms with E-state index in [4.69, 9.17) is 5.73 Å². The van der Waals surface area contributed by atoms with Gasteiger partial charge in [-0.2, -0.15) is 13.2 Å².